The molecule has 0 amide bonds. The van der Waals surface area contributed by atoms with E-state index in [1.54, 1.807) is 6.92 Å². The van der Waals surface area contributed by atoms with Crippen LogP contribution < -0.4 is 11.2 Å². The number of hydrogen-bond acceptors (Lipinski definition) is 6. The van der Waals surface area contributed by atoms with Crippen LogP contribution in [0.5, 0.6) is 0 Å². The maximum atomic E-state index is 12.4. The average molecular weight is 374 g/mol. The number of hydrogen-bond donors (Lipinski definition) is 1. The Morgan fingerprint density at radius 3 is 2.70 bits per heavy atom. The maximum Gasteiger partial charge on any atom is 0.330 e. The van der Waals surface area contributed by atoms with E-state index >= 15 is 0 Å². The molecule has 8 heteroatoms. The van der Waals surface area contributed by atoms with E-state index in [9.17, 15) is 14.4 Å². The fraction of sp³-hybridized carbons (Fsp3) is 0.421. The maximum absolute atomic E-state index is 12.4. The third-order valence-corrected chi connectivity index (χ3v) is 4.82. The number of carbonyl (C=O) groups is 1. The molecule has 0 aliphatic carbocycles. The van der Waals surface area contributed by atoms with Crippen LogP contribution in [0.3, 0.4) is 0 Å². The van der Waals surface area contributed by atoms with Gasteiger partial charge >= 0.3 is 11.7 Å². The van der Waals surface area contributed by atoms with Crippen molar-refractivity contribution in [1.29, 1.82) is 0 Å². The molecule has 3 unspecified atom stereocenters. The van der Waals surface area contributed by atoms with Gasteiger partial charge in [-0.25, -0.2) is 4.79 Å². The highest BCUT2D eigenvalue weighted by Crippen LogP contribution is 2.43. The summed E-state index contributed by atoms with van der Waals surface area (Å²) in [4.78, 5) is 37.9. The summed E-state index contributed by atoms with van der Waals surface area (Å²) in [7, 11) is 1.31. The number of nitrogens with zero attached hydrogens (tertiary/aromatic N) is 1. The summed E-state index contributed by atoms with van der Waals surface area (Å²) >= 11 is 0. The fourth-order valence-electron chi connectivity index (χ4n) is 3.23. The van der Waals surface area contributed by atoms with E-state index in [-0.39, 0.29) is 13.0 Å². The van der Waals surface area contributed by atoms with E-state index in [1.165, 1.54) is 23.9 Å². The highest BCUT2D eigenvalue weighted by atomic mass is 16.6. The lowest BCUT2D eigenvalue weighted by Gasteiger charge is -2.26. The van der Waals surface area contributed by atoms with Crippen molar-refractivity contribution in [2.24, 2.45) is 5.41 Å². The molecule has 8 nitrogen and oxygen atoms in total. The Labute approximate surface area is 155 Å². The molecule has 0 bridgehead atoms. The number of H-pyrrole nitrogens is 1. The number of ether oxygens (including phenoxy) is 3. The van der Waals surface area contributed by atoms with Gasteiger partial charge in [-0.1, -0.05) is 30.3 Å². The van der Waals surface area contributed by atoms with Crippen molar-refractivity contribution in [2.45, 2.75) is 32.3 Å². The average Bonchev–Trinajstić information content (AvgIpc) is 2.99. The van der Waals surface area contributed by atoms with Gasteiger partial charge in [-0.2, -0.15) is 0 Å². The van der Waals surface area contributed by atoms with Crippen molar-refractivity contribution in [1.82, 2.24) is 9.55 Å². The van der Waals surface area contributed by atoms with Crippen LogP contribution in [0.4, 0.5) is 0 Å². The van der Waals surface area contributed by atoms with Gasteiger partial charge in [0, 0.05) is 18.7 Å². The minimum Gasteiger partial charge on any atom is -0.469 e. The number of benzene rings is 1. The second kappa shape index (κ2) is 7.89. The molecular formula is C19H22N2O6. The van der Waals surface area contributed by atoms with E-state index in [0.717, 1.165) is 5.56 Å². The van der Waals surface area contributed by atoms with Crippen LogP contribution in [-0.2, 0) is 25.6 Å². The molecule has 2 heterocycles. The molecule has 3 rings (SSSR count). The molecule has 2 aromatic rings. The summed E-state index contributed by atoms with van der Waals surface area (Å²) in [6.45, 7) is 2.27. The van der Waals surface area contributed by atoms with Crippen LogP contribution >= 0.6 is 0 Å². The zero-order chi connectivity index (χ0) is 19.4. The second-order valence-corrected chi connectivity index (χ2v) is 6.71. The van der Waals surface area contributed by atoms with Crippen LogP contribution in [0, 0.1) is 5.41 Å². The minimum absolute atomic E-state index is 0.162. The monoisotopic (exact) mass is 374 g/mol. The van der Waals surface area contributed by atoms with Crippen LogP contribution in [0.15, 0.2) is 52.2 Å². The molecular weight excluding hydrogens is 352 g/mol. The lowest BCUT2D eigenvalue weighted by molar-refractivity contribution is -0.157. The normalized spacial score (nSPS) is 24.7. The van der Waals surface area contributed by atoms with Gasteiger partial charge in [0.2, 0.25) is 0 Å². The van der Waals surface area contributed by atoms with Crippen LogP contribution in [-0.4, -0.2) is 35.3 Å². The first kappa shape index (κ1) is 19.1. The van der Waals surface area contributed by atoms with Crippen molar-refractivity contribution in [3.8, 4) is 0 Å². The summed E-state index contributed by atoms with van der Waals surface area (Å²) < 4.78 is 17.9. The van der Waals surface area contributed by atoms with Crippen molar-refractivity contribution >= 4 is 5.97 Å². The first-order valence-corrected chi connectivity index (χ1v) is 8.61. The van der Waals surface area contributed by atoms with Crippen LogP contribution in [0.25, 0.3) is 0 Å². The van der Waals surface area contributed by atoms with Crippen molar-refractivity contribution in [2.75, 3.05) is 13.7 Å². The zero-order valence-corrected chi connectivity index (χ0v) is 15.2. The van der Waals surface area contributed by atoms with E-state index < -0.39 is 35.0 Å². The summed E-state index contributed by atoms with van der Waals surface area (Å²) in [5.41, 5.74) is -1.06. The van der Waals surface area contributed by atoms with Gasteiger partial charge in [0.25, 0.3) is 5.56 Å². The summed E-state index contributed by atoms with van der Waals surface area (Å²) in [6.07, 6.45) is 0.281. The molecule has 1 aromatic heterocycles. The van der Waals surface area contributed by atoms with Crippen molar-refractivity contribution in [3.63, 3.8) is 0 Å². The molecule has 1 aliphatic heterocycles. The lowest BCUT2D eigenvalue weighted by Crippen LogP contribution is -2.39. The van der Waals surface area contributed by atoms with Gasteiger partial charge in [0.1, 0.15) is 6.23 Å². The third kappa shape index (κ3) is 4.01. The predicted octanol–water partition coefficient (Wildman–Crippen LogP) is 1.22. The summed E-state index contributed by atoms with van der Waals surface area (Å²) in [6, 6.07) is 10.9. The Hall–Kier alpha value is -2.71. The Morgan fingerprint density at radius 1 is 1.30 bits per heavy atom. The molecule has 0 spiro atoms. The van der Waals surface area contributed by atoms with Gasteiger partial charge < -0.3 is 14.2 Å². The predicted molar refractivity (Wildman–Crippen MR) is 96.1 cm³/mol. The Bertz CT molecular complexity index is 906. The minimum atomic E-state index is -0.980. The quantitative estimate of drug-likeness (QED) is 0.763. The summed E-state index contributed by atoms with van der Waals surface area (Å²) in [5, 5.41) is 0. The topological polar surface area (TPSA) is 99.6 Å². The molecule has 0 radical (unpaired) electrons. The number of nitrogens with one attached hydrogen (secondary N) is 1. The van der Waals surface area contributed by atoms with E-state index in [0.29, 0.717) is 6.61 Å². The molecule has 3 atom stereocenters. The van der Waals surface area contributed by atoms with E-state index in [1.807, 2.05) is 30.3 Å². The Balaban J connectivity index is 1.76. The molecule has 0 saturated carbocycles. The number of esters is 1. The van der Waals surface area contributed by atoms with Gasteiger partial charge in [-0.3, -0.25) is 19.1 Å². The highest BCUT2D eigenvalue weighted by molar-refractivity contribution is 5.77. The first-order chi connectivity index (χ1) is 12.9. The number of aromatic amines is 1. The van der Waals surface area contributed by atoms with Crippen molar-refractivity contribution in [3.05, 3.63) is 69.0 Å². The number of methoxy groups -OCH3 is 1. The van der Waals surface area contributed by atoms with Gasteiger partial charge in [-0.15, -0.1) is 0 Å². The first-order valence-electron chi connectivity index (χ1n) is 8.61. The fourth-order valence-corrected chi connectivity index (χ4v) is 3.23. The number of carbonyl (C=O) groups excluding carboxylic acids is 1. The molecule has 1 aromatic carbocycles. The Morgan fingerprint density at radius 2 is 2.04 bits per heavy atom. The highest BCUT2D eigenvalue weighted by Gasteiger charge is 2.52. The van der Waals surface area contributed by atoms with E-state index in [4.69, 9.17) is 14.2 Å². The third-order valence-electron chi connectivity index (χ3n) is 4.82. The summed E-state index contributed by atoms with van der Waals surface area (Å²) in [5.74, 6) is -0.434. The second-order valence-electron chi connectivity index (χ2n) is 6.71. The zero-order valence-electron chi connectivity index (χ0n) is 15.2. The van der Waals surface area contributed by atoms with Crippen molar-refractivity contribution < 1.29 is 19.0 Å². The number of aromatic nitrogens is 2. The Kier molecular flexibility index (Phi) is 5.57. The smallest absolute Gasteiger partial charge is 0.330 e. The molecule has 1 saturated heterocycles. The molecule has 144 valence electrons. The van der Waals surface area contributed by atoms with Crippen LogP contribution in [0.1, 0.15) is 25.1 Å². The van der Waals surface area contributed by atoms with Crippen LogP contribution in [0.2, 0.25) is 0 Å². The van der Waals surface area contributed by atoms with Gasteiger partial charge in [0.05, 0.1) is 31.8 Å². The molecule has 1 N–H and O–H groups in total. The molecule has 1 aliphatic rings. The van der Waals surface area contributed by atoms with Gasteiger partial charge in [0.15, 0.2) is 0 Å². The SMILES string of the molecule is COC(=O)C1(C)CC(n2ccc(=O)[nH]c2=O)OC1COCc1ccccc1. The largest absolute Gasteiger partial charge is 0.469 e. The number of rotatable bonds is 6. The standard InChI is InChI=1S/C19H22N2O6/c1-19(17(23)25-2)10-16(21-9-8-15(22)20-18(21)24)27-14(19)12-26-11-13-6-4-3-5-7-13/h3-9,14,16H,10-12H2,1-2H3,(H,20,22,24). The molecule has 27 heavy (non-hydrogen) atoms. The molecule has 1 fully saturated rings. The van der Waals surface area contributed by atoms with Gasteiger partial charge in [-0.05, 0) is 12.5 Å². The van der Waals surface area contributed by atoms with E-state index in [2.05, 4.69) is 4.98 Å². The lowest BCUT2D eigenvalue weighted by atomic mass is 9.83.